The van der Waals surface area contributed by atoms with E-state index in [-0.39, 0.29) is 0 Å². The van der Waals surface area contributed by atoms with Gasteiger partial charge in [-0.3, -0.25) is 0 Å². The molecule has 1 aromatic rings. The van der Waals surface area contributed by atoms with Crippen LogP contribution in [0.25, 0.3) is 0 Å². The molecule has 1 unspecified atom stereocenters. The Morgan fingerprint density at radius 2 is 2.00 bits per heavy atom. The van der Waals surface area contributed by atoms with Crippen LogP contribution in [0.4, 0.5) is 0 Å². The smallest absolute Gasteiger partial charge is 0.0210 e. The summed E-state index contributed by atoms with van der Waals surface area (Å²) in [6.07, 6.45) is 7.93. The summed E-state index contributed by atoms with van der Waals surface area (Å²) in [5, 5.41) is 0. The van der Waals surface area contributed by atoms with Crippen LogP contribution in [0.2, 0.25) is 0 Å². The van der Waals surface area contributed by atoms with Gasteiger partial charge in [-0.05, 0) is 24.5 Å². The van der Waals surface area contributed by atoms with Crippen molar-refractivity contribution in [3.05, 3.63) is 59.2 Å². The van der Waals surface area contributed by atoms with Gasteiger partial charge in [0.2, 0.25) is 0 Å². The van der Waals surface area contributed by atoms with Crippen molar-refractivity contribution in [2.24, 2.45) is 0 Å². The molecular formula is C14H16. The van der Waals surface area contributed by atoms with Crippen LogP contribution in [0.15, 0.2) is 48.1 Å². The van der Waals surface area contributed by atoms with Gasteiger partial charge < -0.3 is 0 Å². The lowest BCUT2D eigenvalue weighted by Crippen LogP contribution is -1.95. The molecule has 1 aromatic carbocycles. The molecule has 0 bridgehead atoms. The lowest BCUT2D eigenvalue weighted by Gasteiger charge is -2.10. The van der Waals surface area contributed by atoms with Gasteiger partial charge in [-0.2, -0.15) is 0 Å². The third-order valence-corrected chi connectivity index (χ3v) is 2.80. The summed E-state index contributed by atoms with van der Waals surface area (Å²) in [6, 6.07) is 8.72. The molecule has 0 radical (unpaired) electrons. The topological polar surface area (TPSA) is 0 Å². The van der Waals surface area contributed by atoms with E-state index in [1.54, 1.807) is 0 Å². The third-order valence-electron chi connectivity index (χ3n) is 2.80. The molecule has 0 saturated carbocycles. The number of benzene rings is 1. The highest BCUT2D eigenvalue weighted by Gasteiger charge is 2.11. The minimum atomic E-state index is 0.506. The van der Waals surface area contributed by atoms with E-state index in [0.717, 1.165) is 6.42 Å². The summed E-state index contributed by atoms with van der Waals surface area (Å²) >= 11 is 0. The molecule has 0 nitrogen and oxygen atoms in total. The number of allylic oxidation sites excluding steroid dienone is 4. The summed E-state index contributed by atoms with van der Waals surface area (Å²) in [5.41, 5.74) is 4.30. The molecule has 0 saturated heterocycles. The van der Waals surface area contributed by atoms with Crippen molar-refractivity contribution in [2.75, 3.05) is 0 Å². The van der Waals surface area contributed by atoms with Crippen molar-refractivity contribution in [3.8, 4) is 0 Å². The second-order valence-electron chi connectivity index (χ2n) is 3.85. The van der Waals surface area contributed by atoms with E-state index in [1.807, 2.05) is 0 Å². The highest BCUT2D eigenvalue weighted by Crippen LogP contribution is 2.28. The lowest BCUT2D eigenvalue weighted by atomic mass is 9.94. The van der Waals surface area contributed by atoms with Crippen molar-refractivity contribution in [1.29, 1.82) is 0 Å². The Bertz CT molecular complexity index is 383. The van der Waals surface area contributed by atoms with Crippen LogP contribution in [-0.4, -0.2) is 0 Å². The van der Waals surface area contributed by atoms with E-state index in [9.17, 15) is 0 Å². The zero-order valence-corrected chi connectivity index (χ0v) is 8.83. The summed E-state index contributed by atoms with van der Waals surface area (Å²) < 4.78 is 0. The van der Waals surface area contributed by atoms with Crippen LogP contribution >= 0.6 is 0 Å². The Morgan fingerprint density at radius 1 is 1.21 bits per heavy atom. The second-order valence-corrected chi connectivity index (χ2v) is 3.85. The van der Waals surface area contributed by atoms with Gasteiger partial charge in [0.05, 0.1) is 0 Å². The van der Waals surface area contributed by atoms with E-state index in [0.29, 0.717) is 5.92 Å². The lowest BCUT2D eigenvalue weighted by molar-refractivity contribution is 1.01. The third kappa shape index (κ3) is 1.65. The van der Waals surface area contributed by atoms with Crippen LogP contribution in [0.3, 0.4) is 0 Å². The molecule has 0 N–H and O–H groups in total. The molecule has 1 atom stereocenters. The Kier molecular flexibility index (Phi) is 2.53. The van der Waals surface area contributed by atoms with Gasteiger partial charge in [0, 0.05) is 5.92 Å². The molecule has 0 heteroatoms. The van der Waals surface area contributed by atoms with E-state index < -0.39 is 0 Å². The molecule has 0 fully saturated rings. The van der Waals surface area contributed by atoms with Crippen molar-refractivity contribution in [1.82, 2.24) is 0 Å². The maximum atomic E-state index is 2.33. The van der Waals surface area contributed by atoms with E-state index in [4.69, 9.17) is 0 Å². The fourth-order valence-electron chi connectivity index (χ4n) is 2.02. The summed E-state index contributed by atoms with van der Waals surface area (Å²) in [4.78, 5) is 0. The normalized spacial score (nSPS) is 19.9. The van der Waals surface area contributed by atoms with Gasteiger partial charge in [0.25, 0.3) is 0 Å². The minimum absolute atomic E-state index is 0.506. The van der Waals surface area contributed by atoms with Crippen molar-refractivity contribution in [3.63, 3.8) is 0 Å². The van der Waals surface area contributed by atoms with Gasteiger partial charge in [0.15, 0.2) is 0 Å². The Hall–Kier alpha value is -1.30. The maximum Gasteiger partial charge on any atom is 0.0210 e. The van der Waals surface area contributed by atoms with Crippen molar-refractivity contribution >= 4 is 0 Å². The Balaban J connectivity index is 2.37. The van der Waals surface area contributed by atoms with E-state index >= 15 is 0 Å². The first-order chi connectivity index (χ1) is 6.81. The summed E-state index contributed by atoms with van der Waals surface area (Å²) in [6.45, 7) is 4.37. The average Bonchev–Trinajstić information content (AvgIpc) is 2.65. The molecule has 1 aliphatic carbocycles. The van der Waals surface area contributed by atoms with Gasteiger partial charge in [0.1, 0.15) is 0 Å². The molecule has 0 aliphatic heterocycles. The van der Waals surface area contributed by atoms with Crippen LogP contribution in [0, 0.1) is 0 Å². The van der Waals surface area contributed by atoms with Crippen LogP contribution in [-0.2, 0) is 6.42 Å². The van der Waals surface area contributed by atoms with E-state index in [2.05, 4.69) is 56.3 Å². The molecule has 2 rings (SSSR count). The number of hydrogen-bond acceptors (Lipinski definition) is 0. The molecule has 14 heavy (non-hydrogen) atoms. The quantitative estimate of drug-likeness (QED) is 0.655. The van der Waals surface area contributed by atoms with Crippen LogP contribution < -0.4 is 0 Å². The highest BCUT2D eigenvalue weighted by molar-refractivity contribution is 5.42. The van der Waals surface area contributed by atoms with Gasteiger partial charge in [-0.15, -0.1) is 0 Å². The monoisotopic (exact) mass is 184 g/mol. The largest absolute Gasteiger partial charge is 0.0730 e. The first kappa shape index (κ1) is 9.26. The van der Waals surface area contributed by atoms with Crippen LogP contribution in [0.1, 0.15) is 30.9 Å². The van der Waals surface area contributed by atoms with Crippen LogP contribution in [0.5, 0.6) is 0 Å². The number of aryl methyl sites for hydroxylation is 1. The Labute approximate surface area is 86.0 Å². The number of hydrogen-bond donors (Lipinski definition) is 0. The average molecular weight is 184 g/mol. The summed E-state index contributed by atoms with van der Waals surface area (Å²) in [7, 11) is 0. The molecule has 0 heterocycles. The zero-order chi connectivity index (χ0) is 9.97. The van der Waals surface area contributed by atoms with Crippen molar-refractivity contribution < 1.29 is 0 Å². The standard InChI is InChI=1S/C14H16/c1-3-12-6-4-5-7-14(12)13-9-8-11(2)10-13/h4-10,13H,3H2,1-2H3. The summed E-state index contributed by atoms with van der Waals surface area (Å²) in [5.74, 6) is 0.506. The van der Waals surface area contributed by atoms with Gasteiger partial charge >= 0.3 is 0 Å². The second kappa shape index (κ2) is 3.83. The minimum Gasteiger partial charge on any atom is -0.0730 e. The predicted octanol–water partition coefficient (Wildman–Crippen LogP) is 3.85. The fourth-order valence-corrected chi connectivity index (χ4v) is 2.02. The van der Waals surface area contributed by atoms with E-state index in [1.165, 1.54) is 16.7 Å². The number of rotatable bonds is 2. The first-order valence-corrected chi connectivity index (χ1v) is 5.25. The Morgan fingerprint density at radius 3 is 2.64 bits per heavy atom. The highest BCUT2D eigenvalue weighted by atomic mass is 14.2. The maximum absolute atomic E-state index is 2.33. The molecule has 0 spiro atoms. The predicted molar refractivity (Wildman–Crippen MR) is 61.5 cm³/mol. The molecule has 0 amide bonds. The zero-order valence-electron chi connectivity index (χ0n) is 8.83. The molecule has 72 valence electrons. The van der Waals surface area contributed by atoms with Gasteiger partial charge in [-0.25, -0.2) is 0 Å². The SMILES string of the molecule is CCc1ccccc1C1C=CC(C)=C1. The fraction of sp³-hybridized carbons (Fsp3) is 0.286. The van der Waals surface area contributed by atoms with Gasteiger partial charge in [-0.1, -0.05) is 55.0 Å². The van der Waals surface area contributed by atoms with Crippen molar-refractivity contribution in [2.45, 2.75) is 26.2 Å². The molecular weight excluding hydrogens is 168 g/mol. The first-order valence-electron chi connectivity index (χ1n) is 5.25. The molecule has 1 aliphatic rings. The molecule has 0 aromatic heterocycles.